The summed E-state index contributed by atoms with van der Waals surface area (Å²) in [5.41, 5.74) is 4.22. The summed E-state index contributed by atoms with van der Waals surface area (Å²) in [4.78, 5) is 28.8. The number of carbonyl (C=O) groups excluding carboxylic acids is 2. The van der Waals surface area contributed by atoms with E-state index in [1.54, 1.807) is 24.2 Å². The average Bonchev–Trinajstić information content (AvgIpc) is 2.62. The number of amides is 2. The van der Waals surface area contributed by atoms with Gasteiger partial charge in [0.1, 0.15) is 6.42 Å². The Hall–Kier alpha value is -2.90. The Kier molecular flexibility index (Phi) is 5.16. The first-order valence-corrected chi connectivity index (χ1v) is 8.40. The fraction of sp³-hybridized carbons (Fsp3) is 0.316. The number of pyridine rings is 1. The molecule has 0 radical (unpaired) electrons. The number of aromatic nitrogens is 1. The lowest BCUT2D eigenvalue weighted by atomic mass is 9.96. The number of carbonyl (C=O) groups is 2. The number of alkyl halides is 3. The van der Waals surface area contributed by atoms with E-state index in [-0.39, 0.29) is 12.5 Å². The highest BCUT2D eigenvalue weighted by atomic mass is 19.4. The molecule has 8 heteroatoms. The summed E-state index contributed by atoms with van der Waals surface area (Å²) in [5, 5.41) is 2.25. The molecule has 0 saturated heterocycles. The first-order valence-electron chi connectivity index (χ1n) is 8.40. The van der Waals surface area contributed by atoms with Crippen LogP contribution in [0.2, 0.25) is 0 Å². The van der Waals surface area contributed by atoms with Gasteiger partial charge in [0.2, 0.25) is 11.8 Å². The van der Waals surface area contributed by atoms with E-state index in [4.69, 9.17) is 0 Å². The normalized spacial score (nSPS) is 14.1. The Morgan fingerprint density at radius 3 is 2.70 bits per heavy atom. The predicted octanol–water partition coefficient (Wildman–Crippen LogP) is 3.23. The van der Waals surface area contributed by atoms with Gasteiger partial charge in [-0.05, 0) is 41.3 Å². The maximum atomic E-state index is 12.2. The molecular weight excluding hydrogens is 359 g/mol. The zero-order valence-electron chi connectivity index (χ0n) is 14.6. The number of rotatable bonds is 4. The topological polar surface area (TPSA) is 62.3 Å². The van der Waals surface area contributed by atoms with Crippen LogP contribution < -0.4 is 10.2 Å². The molecule has 27 heavy (non-hydrogen) atoms. The number of nitrogens with zero attached hydrogens (tertiary/aromatic N) is 2. The van der Waals surface area contributed by atoms with Crippen molar-refractivity contribution in [3.63, 3.8) is 0 Å². The Balaban J connectivity index is 1.74. The van der Waals surface area contributed by atoms with Crippen LogP contribution in [-0.2, 0) is 22.6 Å². The monoisotopic (exact) mass is 377 g/mol. The summed E-state index contributed by atoms with van der Waals surface area (Å²) in [6, 6.07) is 7.51. The van der Waals surface area contributed by atoms with Crippen molar-refractivity contribution in [3.05, 3.63) is 47.8 Å². The van der Waals surface area contributed by atoms with Crippen molar-refractivity contribution in [3.8, 4) is 11.1 Å². The van der Waals surface area contributed by atoms with Crippen molar-refractivity contribution < 1.29 is 22.8 Å². The van der Waals surface area contributed by atoms with E-state index in [1.165, 1.54) is 6.20 Å². The molecular formula is C19H18F3N3O2. The Labute approximate surface area is 154 Å². The summed E-state index contributed by atoms with van der Waals surface area (Å²) < 4.78 is 36.6. The van der Waals surface area contributed by atoms with Crippen LogP contribution in [0.3, 0.4) is 0 Å². The number of nitrogens with one attached hydrogen (secondary N) is 1. The molecule has 0 bridgehead atoms. The molecule has 0 fully saturated rings. The summed E-state index contributed by atoms with van der Waals surface area (Å²) in [5.74, 6) is -0.997. The highest BCUT2D eigenvalue weighted by Gasteiger charge is 2.31. The van der Waals surface area contributed by atoms with Crippen LogP contribution in [0, 0.1) is 0 Å². The van der Waals surface area contributed by atoms with Gasteiger partial charge in [-0.25, -0.2) is 0 Å². The molecule has 2 aromatic rings. The molecule has 5 nitrogen and oxygen atoms in total. The third-order valence-electron chi connectivity index (χ3n) is 4.40. The predicted molar refractivity (Wildman–Crippen MR) is 93.9 cm³/mol. The van der Waals surface area contributed by atoms with Gasteiger partial charge in [-0.2, -0.15) is 13.2 Å². The van der Waals surface area contributed by atoms with Gasteiger partial charge < -0.3 is 10.2 Å². The van der Waals surface area contributed by atoms with Crippen LogP contribution in [0.4, 0.5) is 18.9 Å². The minimum Gasteiger partial charge on any atom is -0.352 e. The average molecular weight is 377 g/mol. The maximum absolute atomic E-state index is 12.2. The molecule has 2 amide bonds. The third-order valence-corrected chi connectivity index (χ3v) is 4.40. The number of hydrogen-bond acceptors (Lipinski definition) is 3. The number of aryl methyl sites for hydroxylation is 1. The SMILES string of the molecule is CN1C(=O)CCc2cc(-c3cncc(CNC(=O)CC(F)(F)F)c3)ccc21. The third kappa shape index (κ3) is 4.64. The molecule has 3 rings (SSSR count). The lowest BCUT2D eigenvalue weighted by Crippen LogP contribution is -2.30. The molecule has 0 spiro atoms. The smallest absolute Gasteiger partial charge is 0.352 e. The van der Waals surface area contributed by atoms with Crippen molar-refractivity contribution in [1.29, 1.82) is 0 Å². The summed E-state index contributed by atoms with van der Waals surface area (Å²) in [7, 11) is 1.74. The fourth-order valence-corrected chi connectivity index (χ4v) is 3.02. The molecule has 0 atom stereocenters. The van der Waals surface area contributed by atoms with Crippen molar-refractivity contribution in [2.75, 3.05) is 11.9 Å². The second-order valence-corrected chi connectivity index (χ2v) is 6.45. The van der Waals surface area contributed by atoms with Gasteiger partial charge >= 0.3 is 6.18 Å². The lowest BCUT2D eigenvalue weighted by molar-refractivity contribution is -0.153. The van der Waals surface area contributed by atoms with Gasteiger partial charge in [0.15, 0.2) is 0 Å². The minimum atomic E-state index is -4.53. The second kappa shape index (κ2) is 7.38. The van der Waals surface area contributed by atoms with Crippen LogP contribution >= 0.6 is 0 Å². The molecule has 0 saturated carbocycles. The van der Waals surface area contributed by atoms with Gasteiger partial charge in [0.05, 0.1) is 0 Å². The van der Waals surface area contributed by atoms with Crippen LogP contribution in [0.25, 0.3) is 11.1 Å². The number of halogens is 3. The van der Waals surface area contributed by atoms with E-state index in [1.807, 2.05) is 18.2 Å². The van der Waals surface area contributed by atoms with Crippen LogP contribution in [0.1, 0.15) is 24.0 Å². The van der Waals surface area contributed by atoms with Gasteiger partial charge in [-0.1, -0.05) is 6.07 Å². The van der Waals surface area contributed by atoms with E-state index in [2.05, 4.69) is 10.3 Å². The van der Waals surface area contributed by atoms with Crippen molar-refractivity contribution in [1.82, 2.24) is 10.3 Å². The molecule has 1 aromatic heterocycles. The number of fused-ring (bicyclic) bond motifs is 1. The summed E-state index contributed by atoms with van der Waals surface area (Å²) >= 11 is 0. The Bertz CT molecular complexity index is 881. The molecule has 0 unspecified atom stereocenters. The van der Waals surface area contributed by atoms with Crippen molar-refractivity contribution in [2.45, 2.75) is 32.0 Å². The molecule has 1 N–H and O–H groups in total. The largest absolute Gasteiger partial charge is 0.397 e. The highest BCUT2D eigenvalue weighted by Crippen LogP contribution is 2.31. The number of benzene rings is 1. The molecule has 0 aliphatic carbocycles. The summed E-state index contributed by atoms with van der Waals surface area (Å²) in [6.07, 6.45) is -1.76. The quantitative estimate of drug-likeness (QED) is 0.890. The first kappa shape index (κ1) is 18.9. The molecule has 1 aliphatic heterocycles. The number of anilines is 1. The van der Waals surface area contributed by atoms with Crippen molar-refractivity contribution in [2.24, 2.45) is 0 Å². The van der Waals surface area contributed by atoms with Crippen molar-refractivity contribution >= 4 is 17.5 Å². The Morgan fingerprint density at radius 1 is 1.19 bits per heavy atom. The minimum absolute atomic E-state index is 0.0298. The standard InChI is InChI=1S/C19H18F3N3O2/c1-25-16-4-2-13(7-14(16)3-5-18(25)27)15-6-12(9-23-11-15)10-24-17(26)8-19(20,21)22/h2,4,6-7,9,11H,3,5,8,10H2,1H3,(H,24,26). The van der Waals surface area contributed by atoms with Gasteiger partial charge in [0.25, 0.3) is 0 Å². The highest BCUT2D eigenvalue weighted by molar-refractivity contribution is 5.96. The van der Waals surface area contributed by atoms with Gasteiger partial charge in [-0.3, -0.25) is 14.6 Å². The lowest BCUT2D eigenvalue weighted by Gasteiger charge is -2.26. The van der Waals surface area contributed by atoms with E-state index in [0.29, 0.717) is 18.4 Å². The van der Waals surface area contributed by atoms with E-state index >= 15 is 0 Å². The zero-order valence-corrected chi connectivity index (χ0v) is 14.6. The molecule has 1 aromatic carbocycles. The van der Waals surface area contributed by atoms with Gasteiger partial charge in [0, 0.05) is 43.7 Å². The second-order valence-electron chi connectivity index (χ2n) is 6.45. The van der Waals surface area contributed by atoms with E-state index in [9.17, 15) is 22.8 Å². The molecule has 1 aliphatic rings. The maximum Gasteiger partial charge on any atom is 0.397 e. The van der Waals surface area contributed by atoms with Gasteiger partial charge in [-0.15, -0.1) is 0 Å². The Morgan fingerprint density at radius 2 is 1.96 bits per heavy atom. The van der Waals surface area contributed by atoms with Crippen LogP contribution in [-0.4, -0.2) is 30.0 Å². The first-order chi connectivity index (χ1) is 12.7. The number of hydrogen-bond donors (Lipinski definition) is 1. The summed E-state index contributed by atoms with van der Waals surface area (Å²) in [6.45, 7) is -0.0298. The molecule has 2 heterocycles. The van der Waals surface area contributed by atoms with Crippen LogP contribution in [0.15, 0.2) is 36.7 Å². The van der Waals surface area contributed by atoms with E-state index in [0.717, 1.165) is 22.4 Å². The zero-order chi connectivity index (χ0) is 19.6. The van der Waals surface area contributed by atoms with Crippen LogP contribution in [0.5, 0.6) is 0 Å². The van der Waals surface area contributed by atoms with E-state index < -0.39 is 18.5 Å². The molecule has 142 valence electrons. The fourth-order valence-electron chi connectivity index (χ4n) is 3.02.